The van der Waals surface area contributed by atoms with E-state index in [1.54, 1.807) is 0 Å². The normalized spacial score (nSPS) is 17.6. The number of fused-ring (bicyclic) bond motifs is 6. The predicted molar refractivity (Wildman–Crippen MR) is 143 cm³/mol. The van der Waals surface area contributed by atoms with Crippen molar-refractivity contribution < 1.29 is 9.37 Å². The van der Waals surface area contributed by atoms with Gasteiger partial charge in [0.2, 0.25) is 11.4 Å². The number of hydrogen-bond donors (Lipinski definition) is 0. The van der Waals surface area contributed by atoms with Crippen molar-refractivity contribution >= 4 is 50.9 Å². The molecule has 164 valence electrons. The Bertz CT molecular complexity index is 1800. The van der Waals surface area contributed by atoms with E-state index in [1.807, 2.05) is 40.6 Å². The van der Waals surface area contributed by atoms with Gasteiger partial charge in [-0.05, 0) is 30.3 Å². The first kappa shape index (κ1) is 19.2. The third-order valence-electron chi connectivity index (χ3n) is 7.24. The molecule has 35 heavy (non-hydrogen) atoms. The topological polar surface area (TPSA) is 25.0 Å². The molecule has 0 N–H and O–H groups in total. The summed E-state index contributed by atoms with van der Waals surface area (Å²) >= 11 is 1.82. The van der Waals surface area contributed by atoms with Gasteiger partial charge < -0.3 is 4.57 Å². The summed E-state index contributed by atoms with van der Waals surface area (Å²) in [5.74, 6) is 0.0548. The second kappa shape index (κ2) is 6.94. The van der Waals surface area contributed by atoms with Crippen molar-refractivity contribution in [2.75, 3.05) is 0 Å². The quantitative estimate of drug-likeness (QED) is 0.242. The molecule has 1 amide bonds. The number of amides is 1. The molecule has 0 spiro atoms. The molecule has 0 bridgehead atoms. The van der Waals surface area contributed by atoms with E-state index < -0.39 is 0 Å². The molecule has 0 saturated heterocycles. The second-order valence-electron chi connectivity index (χ2n) is 9.10. The minimum Gasteiger partial charge on any atom is -0.309 e. The lowest BCUT2D eigenvalue weighted by Crippen LogP contribution is -2.35. The van der Waals surface area contributed by atoms with Crippen LogP contribution < -0.4 is 0 Å². The van der Waals surface area contributed by atoms with Crippen LogP contribution in [0.1, 0.15) is 10.4 Å². The predicted octanol–water partition coefficient (Wildman–Crippen LogP) is 7.29. The maximum Gasteiger partial charge on any atom is 0.426 e. The third-order valence-corrected chi connectivity index (χ3v) is 8.46. The van der Waals surface area contributed by atoms with Crippen LogP contribution in [-0.2, 0) is 0 Å². The summed E-state index contributed by atoms with van der Waals surface area (Å²) in [6.45, 7) is 0. The average Bonchev–Trinajstić information content (AvgIpc) is 3.25. The molecule has 0 fully saturated rings. The van der Waals surface area contributed by atoms with E-state index in [0.717, 1.165) is 38.7 Å². The van der Waals surface area contributed by atoms with Crippen LogP contribution in [0.15, 0.2) is 114 Å². The number of allylic oxidation sites excluding steroid dienone is 3. The summed E-state index contributed by atoms with van der Waals surface area (Å²) in [5.41, 5.74) is 8.40. The Labute approximate surface area is 206 Å². The number of aromatic nitrogens is 1. The van der Waals surface area contributed by atoms with Crippen molar-refractivity contribution in [3.63, 3.8) is 0 Å². The number of benzene rings is 4. The standard InChI is InChI=1S/C31H19N2OS/c34-31-23-12-2-1-9-20(23)24-17-19(18-29-30(24)33(31)27-15-7-8-16-28(27)35-29)32-25-13-5-3-10-21(25)22-11-4-6-14-26(22)32/h1-18,28H/q+1. The molecule has 1 aromatic heterocycles. The fourth-order valence-electron chi connectivity index (χ4n) is 5.77. The first-order valence-corrected chi connectivity index (χ1v) is 12.7. The highest BCUT2D eigenvalue weighted by Crippen LogP contribution is 2.50. The van der Waals surface area contributed by atoms with E-state index >= 15 is 0 Å². The zero-order valence-electron chi connectivity index (χ0n) is 18.7. The van der Waals surface area contributed by atoms with Crippen molar-refractivity contribution in [2.45, 2.75) is 10.1 Å². The Hall–Kier alpha value is -4.15. The number of carbonyl (C=O) groups is 1. The Morgan fingerprint density at radius 3 is 2.20 bits per heavy atom. The number of hydrogen-bond acceptors (Lipinski definition) is 2. The van der Waals surface area contributed by atoms with Gasteiger partial charge in [0.05, 0.1) is 27.1 Å². The minimum atomic E-state index is 0.0548. The van der Waals surface area contributed by atoms with Crippen LogP contribution in [0.25, 0.3) is 38.6 Å². The first-order chi connectivity index (χ1) is 17.3. The largest absolute Gasteiger partial charge is 0.426 e. The lowest BCUT2D eigenvalue weighted by molar-refractivity contribution is -0.339. The Balaban J connectivity index is 1.51. The summed E-state index contributed by atoms with van der Waals surface area (Å²) < 4.78 is 4.31. The minimum absolute atomic E-state index is 0.0548. The summed E-state index contributed by atoms with van der Waals surface area (Å²) in [5, 5.41) is 2.61. The molecule has 3 heterocycles. The van der Waals surface area contributed by atoms with Gasteiger partial charge in [-0.15, -0.1) is 16.3 Å². The zero-order valence-corrected chi connectivity index (χ0v) is 19.5. The molecule has 5 aromatic rings. The van der Waals surface area contributed by atoms with Gasteiger partial charge in [0.1, 0.15) is 5.25 Å². The van der Waals surface area contributed by atoms with Crippen molar-refractivity contribution in [2.24, 2.45) is 0 Å². The SMILES string of the molecule is O=C1c2ccccc2-c2cc(-n3c4ccccc4c4ccccc43)cc3c2[N+]1=C1C=CC=CC1S3. The Kier molecular flexibility index (Phi) is 3.80. The van der Waals surface area contributed by atoms with E-state index in [9.17, 15) is 4.79 Å². The lowest BCUT2D eigenvalue weighted by Gasteiger charge is -2.27. The highest BCUT2D eigenvalue weighted by Gasteiger charge is 2.44. The first-order valence-electron chi connectivity index (χ1n) is 11.8. The van der Waals surface area contributed by atoms with Gasteiger partial charge in [-0.3, -0.25) is 0 Å². The molecule has 2 aliphatic heterocycles. The van der Waals surface area contributed by atoms with E-state index in [4.69, 9.17) is 0 Å². The van der Waals surface area contributed by atoms with Crippen LogP contribution in [0.3, 0.4) is 0 Å². The van der Waals surface area contributed by atoms with Crippen LogP contribution >= 0.6 is 11.8 Å². The third kappa shape index (κ3) is 2.52. The zero-order chi connectivity index (χ0) is 23.1. The van der Waals surface area contributed by atoms with E-state index in [-0.39, 0.29) is 11.2 Å². The maximum atomic E-state index is 13.7. The molecule has 0 saturated carbocycles. The molecule has 3 nitrogen and oxygen atoms in total. The molecule has 1 atom stereocenters. The van der Waals surface area contributed by atoms with Crippen molar-refractivity contribution in [1.82, 2.24) is 4.57 Å². The Morgan fingerprint density at radius 2 is 1.43 bits per heavy atom. The molecule has 1 aliphatic carbocycles. The number of para-hydroxylation sites is 2. The summed E-state index contributed by atoms with van der Waals surface area (Å²) in [4.78, 5) is 14.9. The van der Waals surface area contributed by atoms with Gasteiger partial charge in [0, 0.05) is 28.1 Å². The fourth-order valence-corrected chi connectivity index (χ4v) is 7.02. The maximum absolute atomic E-state index is 13.7. The summed E-state index contributed by atoms with van der Waals surface area (Å²) in [6.07, 6.45) is 8.37. The van der Waals surface area contributed by atoms with Gasteiger partial charge in [-0.1, -0.05) is 72.8 Å². The van der Waals surface area contributed by atoms with Crippen LogP contribution in [0.2, 0.25) is 0 Å². The van der Waals surface area contributed by atoms with Gasteiger partial charge in [0.25, 0.3) is 0 Å². The summed E-state index contributed by atoms with van der Waals surface area (Å²) in [7, 11) is 0. The van der Waals surface area contributed by atoms with Gasteiger partial charge in [-0.2, -0.15) is 0 Å². The number of carbonyl (C=O) groups excluding carboxylic acids is 1. The number of nitrogens with zero attached hydrogens (tertiary/aromatic N) is 2. The van der Waals surface area contributed by atoms with Crippen LogP contribution in [0.5, 0.6) is 0 Å². The second-order valence-corrected chi connectivity index (χ2v) is 10.3. The molecule has 1 unspecified atom stereocenters. The number of rotatable bonds is 1. The molecule has 3 aliphatic rings. The molecule has 8 rings (SSSR count). The Morgan fingerprint density at radius 1 is 0.743 bits per heavy atom. The highest BCUT2D eigenvalue weighted by atomic mass is 32.2. The van der Waals surface area contributed by atoms with Gasteiger partial charge in [0.15, 0.2) is 0 Å². The van der Waals surface area contributed by atoms with Crippen molar-refractivity contribution in [3.05, 3.63) is 115 Å². The molecule has 4 heteroatoms. The van der Waals surface area contributed by atoms with E-state index in [0.29, 0.717) is 0 Å². The van der Waals surface area contributed by atoms with Gasteiger partial charge in [-0.25, -0.2) is 4.79 Å². The number of thioether (sulfide) groups is 1. The molecular weight excluding hydrogens is 448 g/mol. The van der Waals surface area contributed by atoms with Crippen molar-refractivity contribution in [3.8, 4) is 16.8 Å². The van der Waals surface area contributed by atoms with Crippen molar-refractivity contribution in [1.29, 1.82) is 0 Å². The van der Waals surface area contributed by atoms with Crippen LogP contribution in [-0.4, -0.2) is 26.0 Å². The van der Waals surface area contributed by atoms with Crippen LogP contribution in [0, 0.1) is 0 Å². The van der Waals surface area contributed by atoms with Crippen LogP contribution in [0.4, 0.5) is 5.69 Å². The highest BCUT2D eigenvalue weighted by molar-refractivity contribution is 8.01. The van der Waals surface area contributed by atoms with E-state index in [1.165, 1.54) is 21.8 Å². The molecule has 4 aromatic carbocycles. The molecular formula is C31H19N2OS+. The van der Waals surface area contributed by atoms with E-state index in [2.05, 4.69) is 89.5 Å². The smallest absolute Gasteiger partial charge is 0.309 e. The van der Waals surface area contributed by atoms with Gasteiger partial charge >= 0.3 is 5.91 Å². The monoisotopic (exact) mass is 467 g/mol. The summed E-state index contributed by atoms with van der Waals surface area (Å²) in [6, 6.07) is 29.7. The lowest BCUT2D eigenvalue weighted by atomic mass is 9.92. The fraction of sp³-hybridized carbons (Fsp3) is 0.0323. The molecule has 0 radical (unpaired) electrons. The average molecular weight is 468 g/mol.